The molecule has 10 heteroatoms. The number of amides is 2. The summed E-state index contributed by atoms with van der Waals surface area (Å²) in [5.41, 5.74) is -0.0799. The number of anilines is 2. The van der Waals surface area contributed by atoms with Gasteiger partial charge in [-0.1, -0.05) is 12.1 Å². The molecule has 0 heterocycles. The summed E-state index contributed by atoms with van der Waals surface area (Å²) in [4.78, 5) is 35.1. The Labute approximate surface area is 180 Å². The number of hydrogen-bond donors (Lipinski definition) is 2. The van der Waals surface area contributed by atoms with Gasteiger partial charge in [-0.2, -0.15) is 13.2 Å². The van der Waals surface area contributed by atoms with Crippen LogP contribution in [-0.4, -0.2) is 16.7 Å². The van der Waals surface area contributed by atoms with Crippen LogP contribution in [0.5, 0.6) is 0 Å². The monoisotopic (exact) mass is 443 g/mol. The summed E-state index contributed by atoms with van der Waals surface area (Å²) in [6.07, 6.45) is -4.53. The molecular formula is C22H16F3N3O4. The van der Waals surface area contributed by atoms with Crippen molar-refractivity contribution >= 4 is 28.9 Å². The highest BCUT2D eigenvalue weighted by atomic mass is 19.4. The lowest BCUT2D eigenvalue weighted by Crippen LogP contribution is -2.14. The normalized spacial score (nSPS) is 11.0. The molecular weight excluding hydrogens is 427 g/mol. The van der Waals surface area contributed by atoms with Crippen molar-refractivity contribution in [3.63, 3.8) is 0 Å². The molecule has 2 amide bonds. The number of aryl methyl sites for hydroxylation is 1. The fraction of sp³-hybridized carbons (Fsp3) is 0.0909. The average molecular weight is 443 g/mol. The van der Waals surface area contributed by atoms with Crippen LogP contribution in [0.4, 0.5) is 30.2 Å². The molecule has 0 aliphatic rings. The Morgan fingerprint density at radius 1 is 0.844 bits per heavy atom. The van der Waals surface area contributed by atoms with Gasteiger partial charge in [-0.25, -0.2) is 0 Å². The fourth-order valence-electron chi connectivity index (χ4n) is 2.83. The van der Waals surface area contributed by atoms with Crippen LogP contribution in [0, 0.1) is 17.0 Å². The van der Waals surface area contributed by atoms with E-state index in [0.717, 1.165) is 12.1 Å². The maximum absolute atomic E-state index is 12.8. The molecule has 3 aromatic rings. The molecule has 0 aliphatic heterocycles. The number of nitro groups is 1. The molecule has 0 radical (unpaired) electrons. The van der Waals surface area contributed by atoms with Gasteiger partial charge in [0.1, 0.15) is 0 Å². The van der Waals surface area contributed by atoms with Crippen molar-refractivity contribution in [2.24, 2.45) is 0 Å². The second kappa shape index (κ2) is 8.88. The Bertz CT molecular complexity index is 1190. The molecule has 32 heavy (non-hydrogen) atoms. The minimum absolute atomic E-state index is 0.0110. The second-order valence-electron chi connectivity index (χ2n) is 6.82. The molecule has 7 nitrogen and oxygen atoms in total. The van der Waals surface area contributed by atoms with E-state index in [1.54, 1.807) is 6.92 Å². The summed E-state index contributed by atoms with van der Waals surface area (Å²) in [5, 5.41) is 16.0. The van der Waals surface area contributed by atoms with E-state index in [0.29, 0.717) is 11.3 Å². The Hall–Kier alpha value is -4.21. The van der Waals surface area contributed by atoms with Gasteiger partial charge in [-0.15, -0.1) is 0 Å². The number of carbonyl (C=O) groups is 2. The Morgan fingerprint density at radius 2 is 1.44 bits per heavy atom. The number of rotatable bonds is 5. The molecule has 164 valence electrons. The van der Waals surface area contributed by atoms with Crippen molar-refractivity contribution in [2.75, 3.05) is 10.6 Å². The van der Waals surface area contributed by atoms with E-state index < -0.39 is 28.5 Å². The van der Waals surface area contributed by atoms with Crippen molar-refractivity contribution in [3.8, 4) is 0 Å². The van der Waals surface area contributed by atoms with Gasteiger partial charge in [-0.05, 0) is 55.5 Å². The summed E-state index contributed by atoms with van der Waals surface area (Å²) in [5.74, 6) is -1.20. The topological polar surface area (TPSA) is 101 Å². The SMILES string of the molecule is Cc1ccc(C(=O)Nc2ccc(C(=O)Nc3cccc(C(F)(F)F)c3)cc2)cc1[N+](=O)[O-]. The summed E-state index contributed by atoms with van der Waals surface area (Å²) in [7, 11) is 0. The number of halogens is 3. The number of carbonyl (C=O) groups excluding carboxylic acids is 2. The van der Waals surface area contributed by atoms with Crippen LogP contribution in [0.25, 0.3) is 0 Å². The summed E-state index contributed by atoms with van der Waals surface area (Å²) in [6, 6.07) is 14.0. The molecule has 0 atom stereocenters. The summed E-state index contributed by atoms with van der Waals surface area (Å²) in [6.45, 7) is 1.56. The smallest absolute Gasteiger partial charge is 0.322 e. The first-order valence-electron chi connectivity index (χ1n) is 9.19. The molecule has 0 spiro atoms. The number of nitrogens with zero attached hydrogens (tertiary/aromatic N) is 1. The van der Waals surface area contributed by atoms with Crippen molar-refractivity contribution in [1.82, 2.24) is 0 Å². The average Bonchev–Trinajstić information content (AvgIpc) is 2.74. The van der Waals surface area contributed by atoms with Crippen LogP contribution < -0.4 is 10.6 Å². The number of benzene rings is 3. The van der Waals surface area contributed by atoms with Gasteiger partial charge in [0.15, 0.2) is 0 Å². The van der Waals surface area contributed by atoms with Crippen molar-refractivity contribution in [3.05, 3.63) is 99.1 Å². The fourth-order valence-corrected chi connectivity index (χ4v) is 2.83. The zero-order chi connectivity index (χ0) is 23.5. The summed E-state index contributed by atoms with van der Waals surface area (Å²) < 4.78 is 38.4. The first kappa shape index (κ1) is 22.5. The first-order valence-corrected chi connectivity index (χ1v) is 9.19. The van der Waals surface area contributed by atoms with Gasteiger partial charge in [0, 0.05) is 34.1 Å². The van der Waals surface area contributed by atoms with Crippen molar-refractivity contribution in [1.29, 1.82) is 0 Å². The highest BCUT2D eigenvalue weighted by molar-refractivity contribution is 6.06. The quantitative estimate of drug-likeness (QED) is 0.406. The van der Waals surface area contributed by atoms with E-state index in [-0.39, 0.29) is 22.5 Å². The Kier molecular flexibility index (Phi) is 6.24. The maximum atomic E-state index is 12.8. The molecule has 0 saturated carbocycles. The zero-order valence-corrected chi connectivity index (χ0v) is 16.6. The lowest BCUT2D eigenvalue weighted by Gasteiger charge is -2.10. The standard InChI is InChI=1S/C22H16F3N3O4/c1-13-5-6-15(11-19(13)28(31)32)21(30)26-17-9-7-14(8-10-17)20(29)27-18-4-2-3-16(12-18)22(23,24)25/h2-12H,1H3,(H,26,30)(H,27,29). The van der Waals surface area contributed by atoms with E-state index >= 15 is 0 Å². The Balaban J connectivity index is 1.69. The van der Waals surface area contributed by atoms with Crippen LogP contribution in [0.15, 0.2) is 66.7 Å². The number of nitrogens with one attached hydrogen (secondary N) is 2. The third-order valence-electron chi connectivity index (χ3n) is 4.52. The van der Waals surface area contributed by atoms with Crippen LogP contribution in [0.1, 0.15) is 31.8 Å². The predicted molar refractivity (Wildman–Crippen MR) is 112 cm³/mol. The lowest BCUT2D eigenvalue weighted by atomic mass is 10.1. The Morgan fingerprint density at radius 3 is 2.06 bits per heavy atom. The van der Waals surface area contributed by atoms with E-state index in [4.69, 9.17) is 0 Å². The summed E-state index contributed by atoms with van der Waals surface area (Å²) >= 11 is 0. The maximum Gasteiger partial charge on any atom is 0.416 e. The van der Waals surface area contributed by atoms with Gasteiger partial charge < -0.3 is 10.6 Å². The first-order chi connectivity index (χ1) is 15.0. The highest BCUT2D eigenvalue weighted by Crippen LogP contribution is 2.30. The number of alkyl halides is 3. The highest BCUT2D eigenvalue weighted by Gasteiger charge is 2.30. The van der Waals surface area contributed by atoms with Gasteiger partial charge in [0.25, 0.3) is 17.5 Å². The largest absolute Gasteiger partial charge is 0.416 e. The lowest BCUT2D eigenvalue weighted by molar-refractivity contribution is -0.385. The molecule has 0 aromatic heterocycles. The van der Waals surface area contributed by atoms with Crippen LogP contribution in [0.3, 0.4) is 0 Å². The second-order valence-corrected chi connectivity index (χ2v) is 6.82. The minimum Gasteiger partial charge on any atom is -0.322 e. The van der Waals surface area contributed by atoms with E-state index in [2.05, 4.69) is 10.6 Å². The van der Waals surface area contributed by atoms with Gasteiger partial charge in [0.2, 0.25) is 0 Å². The van der Waals surface area contributed by atoms with Crippen LogP contribution in [0.2, 0.25) is 0 Å². The number of nitro benzene ring substituents is 1. The molecule has 0 saturated heterocycles. The zero-order valence-electron chi connectivity index (χ0n) is 16.6. The third-order valence-corrected chi connectivity index (χ3v) is 4.52. The molecule has 3 aromatic carbocycles. The van der Waals surface area contributed by atoms with Crippen molar-refractivity contribution in [2.45, 2.75) is 13.1 Å². The van der Waals surface area contributed by atoms with Crippen molar-refractivity contribution < 1.29 is 27.7 Å². The van der Waals surface area contributed by atoms with Crippen LogP contribution in [-0.2, 0) is 6.18 Å². The van der Waals surface area contributed by atoms with Crippen LogP contribution >= 0.6 is 0 Å². The van der Waals surface area contributed by atoms with E-state index in [9.17, 15) is 32.9 Å². The van der Waals surface area contributed by atoms with Gasteiger partial charge in [-0.3, -0.25) is 19.7 Å². The molecule has 0 bridgehead atoms. The van der Waals surface area contributed by atoms with Gasteiger partial charge >= 0.3 is 6.18 Å². The van der Waals surface area contributed by atoms with E-state index in [1.165, 1.54) is 54.6 Å². The molecule has 3 rings (SSSR count). The van der Waals surface area contributed by atoms with Gasteiger partial charge in [0.05, 0.1) is 10.5 Å². The third kappa shape index (κ3) is 5.28. The minimum atomic E-state index is -4.53. The molecule has 0 unspecified atom stereocenters. The molecule has 0 fully saturated rings. The molecule has 0 aliphatic carbocycles. The van der Waals surface area contributed by atoms with E-state index in [1.807, 2.05) is 0 Å². The molecule has 2 N–H and O–H groups in total. The number of hydrogen-bond acceptors (Lipinski definition) is 4. The predicted octanol–water partition coefficient (Wildman–Crippen LogP) is 5.43.